The van der Waals surface area contributed by atoms with Crippen LogP contribution >= 0.6 is 33.9 Å². The Hall–Kier alpha value is -2.60. The van der Waals surface area contributed by atoms with Gasteiger partial charge in [0.15, 0.2) is 17.4 Å². The van der Waals surface area contributed by atoms with Gasteiger partial charge in [0.05, 0.1) is 12.7 Å². The molecule has 0 aliphatic heterocycles. The summed E-state index contributed by atoms with van der Waals surface area (Å²) in [5, 5.41) is 13.3. The predicted molar refractivity (Wildman–Crippen MR) is 110 cm³/mol. The molecule has 1 aromatic heterocycles. The average molecular weight is 533 g/mol. The van der Waals surface area contributed by atoms with E-state index >= 15 is 0 Å². The molecule has 0 spiro atoms. The van der Waals surface area contributed by atoms with Gasteiger partial charge < -0.3 is 15.2 Å². The minimum Gasteiger partial charge on any atom is -0.491 e. The Balaban J connectivity index is 2.01. The number of amides is 1. The zero-order chi connectivity index (χ0) is 21.3. The van der Waals surface area contributed by atoms with Gasteiger partial charge in [-0.25, -0.2) is 13.6 Å². The maximum atomic E-state index is 14.2. The molecule has 5 nitrogen and oxygen atoms in total. The molecular formula is C19H11F3INO4S. The van der Waals surface area contributed by atoms with Crippen molar-refractivity contribution in [3.8, 4) is 16.9 Å². The summed E-state index contributed by atoms with van der Waals surface area (Å²) < 4.78 is 47.2. The molecule has 0 saturated heterocycles. The second-order valence-corrected chi connectivity index (χ2v) is 7.82. The number of benzene rings is 2. The van der Waals surface area contributed by atoms with Crippen LogP contribution in [0.4, 0.5) is 18.2 Å². The maximum absolute atomic E-state index is 14.2. The van der Waals surface area contributed by atoms with E-state index in [-0.39, 0.29) is 10.6 Å². The first kappa shape index (κ1) is 21.1. The van der Waals surface area contributed by atoms with Crippen LogP contribution in [0.2, 0.25) is 0 Å². The van der Waals surface area contributed by atoms with Crippen LogP contribution in [0.3, 0.4) is 0 Å². The number of methoxy groups -OCH3 is 1. The minimum absolute atomic E-state index is 0.0904. The van der Waals surface area contributed by atoms with Gasteiger partial charge in [-0.2, -0.15) is 4.39 Å². The predicted octanol–water partition coefficient (Wildman–Crippen LogP) is 5.40. The van der Waals surface area contributed by atoms with Gasteiger partial charge in [-0.05, 0) is 46.4 Å². The number of hydrogen-bond donors (Lipinski definition) is 2. The molecule has 3 aromatic rings. The fourth-order valence-electron chi connectivity index (χ4n) is 2.63. The highest BCUT2D eigenvalue weighted by Gasteiger charge is 2.26. The molecule has 150 valence electrons. The lowest BCUT2D eigenvalue weighted by Crippen LogP contribution is -2.17. The van der Waals surface area contributed by atoms with Crippen LogP contribution in [0.25, 0.3) is 11.1 Å². The summed E-state index contributed by atoms with van der Waals surface area (Å²) in [5.74, 6) is -7.98. The third-order valence-electron chi connectivity index (χ3n) is 3.93. The summed E-state index contributed by atoms with van der Waals surface area (Å²) in [6, 6.07) is 7.53. The molecule has 0 unspecified atom stereocenters. The van der Waals surface area contributed by atoms with E-state index in [1.807, 2.05) is 6.07 Å². The van der Waals surface area contributed by atoms with Crippen molar-refractivity contribution in [2.75, 3.05) is 12.4 Å². The Morgan fingerprint density at radius 2 is 1.90 bits per heavy atom. The Labute approximate surface area is 180 Å². The maximum Gasteiger partial charge on any atom is 0.339 e. The molecule has 0 aliphatic rings. The molecule has 0 atom stereocenters. The van der Waals surface area contributed by atoms with Crippen molar-refractivity contribution in [1.82, 2.24) is 0 Å². The number of carbonyl (C=O) groups excluding carboxylic acids is 1. The van der Waals surface area contributed by atoms with Crippen LogP contribution in [-0.2, 0) is 0 Å². The number of carbonyl (C=O) groups is 2. The molecular weight excluding hydrogens is 522 g/mol. The van der Waals surface area contributed by atoms with E-state index in [9.17, 15) is 27.9 Å². The highest BCUT2D eigenvalue weighted by molar-refractivity contribution is 14.1. The van der Waals surface area contributed by atoms with Crippen molar-refractivity contribution in [3.05, 3.63) is 67.9 Å². The molecule has 1 amide bonds. The van der Waals surface area contributed by atoms with Crippen LogP contribution in [0.1, 0.15) is 20.7 Å². The molecule has 0 fully saturated rings. The highest BCUT2D eigenvalue weighted by Crippen LogP contribution is 2.37. The quantitative estimate of drug-likeness (QED) is 0.341. The number of carboxylic acids is 1. The van der Waals surface area contributed by atoms with Crippen LogP contribution in [0.15, 0.2) is 35.7 Å². The van der Waals surface area contributed by atoms with Gasteiger partial charge in [0, 0.05) is 14.5 Å². The van der Waals surface area contributed by atoms with E-state index in [0.29, 0.717) is 17.2 Å². The van der Waals surface area contributed by atoms with E-state index in [1.54, 1.807) is 18.2 Å². The first-order valence-electron chi connectivity index (χ1n) is 7.88. The molecule has 0 aliphatic carbocycles. The number of aromatic carboxylic acids is 1. The molecule has 2 N–H and O–H groups in total. The second-order valence-electron chi connectivity index (χ2n) is 5.69. The van der Waals surface area contributed by atoms with Crippen molar-refractivity contribution >= 4 is 50.8 Å². The standard InChI is InChI=1S/C19H11F3INO4S/c1-28-16-12(20)6-10(14(21)15(16)22)17(25)24-18-13(19(26)27)11(7-29-18)8-3-2-4-9(23)5-8/h2-7H,1H3,(H,24,25)(H,26,27). The zero-order valence-electron chi connectivity index (χ0n) is 14.6. The Bertz CT molecular complexity index is 1130. The van der Waals surface area contributed by atoms with Crippen LogP contribution < -0.4 is 10.1 Å². The zero-order valence-corrected chi connectivity index (χ0v) is 17.5. The van der Waals surface area contributed by atoms with Gasteiger partial charge in [-0.3, -0.25) is 4.79 Å². The lowest BCUT2D eigenvalue weighted by Gasteiger charge is -2.10. The fraction of sp³-hybridized carbons (Fsp3) is 0.0526. The molecule has 0 saturated carbocycles. The Morgan fingerprint density at radius 3 is 2.52 bits per heavy atom. The molecule has 29 heavy (non-hydrogen) atoms. The van der Waals surface area contributed by atoms with Gasteiger partial charge in [0.25, 0.3) is 5.91 Å². The van der Waals surface area contributed by atoms with E-state index in [4.69, 9.17) is 0 Å². The highest BCUT2D eigenvalue weighted by atomic mass is 127. The molecule has 10 heteroatoms. The van der Waals surface area contributed by atoms with Crippen LogP contribution in [-0.4, -0.2) is 24.1 Å². The number of halogens is 4. The summed E-state index contributed by atoms with van der Waals surface area (Å²) in [6.45, 7) is 0. The van der Waals surface area contributed by atoms with Crippen LogP contribution in [0.5, 0.6) is 5.75 Å². The largest absolute Gasteiger partial charge is 0.491 e. The van der Waals surface area contributed by atoms with Crippen molar-refractivity contribution in [2.45, 2.75) is 0 Å². The van der Waals surface area contributed by atoms with Crippen LogP contribution in [0, 0.1) is 21.0 Å². The summed E-state index contributed by atoms with van der Waals surface area (Å²) in [6.07, 6.45) is 0. The molecule has 3 rings (SSSR count). The van der Waals surface area contributed by atoms with Gasteiger partial charge in [0.1, 0.15) is 10.6 Å². The molecule has 2 aromatic carbocycles. The SMILES string of the molecule is COc1c(F)cc(C(=O)Nc2scc(-c3cccc(I)c3)c2C(=O)O)c(F)c1F. The number of nitrogens with one attached hydrogen (secondary N) is 1. The molecule has 0 radical (unpaired) electrons. The third kappa shape index (κ3) is 4.08. The Morgan fingerprint density at radius 1 is 1.17 bits per heavy atom. The molecule has 0 bridgehead atoms. The Kier molecular flexibility index (Phi) is 6.13. The average Bonchev–Trinajstić information content (AvgIpc) is 3.09. The van der Waals surface area contributed by atoms with E-state index in [2.05, 4.69) is 32.6 Å². The lowest BCUT2D eigenvalue weighted by atomic mass is 10.0. The number of thiophene rings is 1. The van der Waals surface area contributed by atoms with Crippen molar-refractivity contribution in [2.24, 2.45) is 0 Å². The van der Waals surface area contributed by atoms with Gasteiger partial charge in [0.2, 0.25) is 5.82 Å². The monoisotopic (exact) mass is 533 g/mol. The normalized spacial score (nSPS) is 10.7. The van der Waals surface area contributed by atoms with Crippen molar-refractivity contribution < 1.29 is 32.6 Å². The molecule has 1 heterocycles. The minimum atomic E-state index is -1.65. The van der Waals surface area contributed by atoms with Gasteiger partial charge in [-0.1, -0.05) is 12.1 Å². The third-order valence-corrected chi connectivity index (χ3v) is 5.50. The summed E-state index contributed by atoms with van der Waals surface area (Å²) in [4.78, 5) is 24.2. The van der Waals surface area contributed by atoms with Gasteiger partial charge in [-0.15, -0.1) is 11.3 Å². The van der Waals surface area contributed by atoms with Crippen molar-refractivity contribution in [3.63, 3.8) is 0 Å². The van der Waals surface area contributed by atoms with Crippen molar-refractivity contribution in [1.29, 1.82) is 0 Å². The number of hydrogen-bond acceptors (Lipinski definition) is 4. The van der Waals surface area contributed by atoms with E-state index in [0.717, 1.165) is 22.0 Å². The fourth-order valence-corrected chi connectivity index (χ4v) is 4.13. The number of anilines is 1. The summed E-state index contributed by atoms with van der Waals surface area (Å²) in [7, 11) is 0.956. The number of rotatable bonds is 5. The second kappa shape index (κ2) is 8.41. The summed E-state index contributed by atoms with van der Waals surface area (Å²) in [5.41, 5.74) is -0.163. The smallest absolute Gasteiger partial charge is 0.339 e. The first-order valence-corrected chi connectivity index (χ1v) is 9.84. The first-order chi connectivity index (χ1) is 13.7. The summed E-state index contributed by atoms with van der Waals surface area (Å²) >= 11 is 2.97. The lowest BCUT2D eigenvalue weighted by molar-refractivity contribution is 0.0699. The topological polar surface area (TPSA) is 75.6 Å². The van der Waals surface area contributed by atoms with Gasteiger partial charge >= 0.3 is 5.97 Å². The number of ether oxygens (including phenoxy) is 1. The van der Waals surface area contributed by atoms with E-state index < -0.39 is 40.6 Å². The van der Waals surface area contributed by atoms with E-state index in [1.165, 1.54) is 5.38 Å². The number of carboxylic acid groups (broad SMARTS) is 1.